The van der Waals surface area contributed by atoms with Gasteiger partial charge in [-0.1, -0.05) is 18.2 Å². The molecule has 2 aromatic carbocycles. The van der Waals surface area contributed by atoms with Crippen LogP contribution in [0, 0.1) is 12.7 Å². The number of hydrogen-bond donors (Lipinski definition) is 1. The van der Waals surface area contributed by atoms with Crippen LogP contribution in [-0.4, -0.2) is 13.7 Å². The SMILES string of the molecule is COc1cccc2c1CCNC2c1cc(C)cc(F)c1. The first-order valence-corrected chi connectivity index (χ1v) is 6.85. The molecule has 0 fully saturated rings. The largest absolute Gasteiger partial charge is 0.496 e. The monoisotopic (exact) mass is 271 g/mol. The van der Waals surface area contributed by atoms with Gasteiger partial charge in [-0.2, -0.15) is 0 Å². The fraction of sp³-hybridized carbons (Fsp3) is 0.294. The highest BCUT2D eigenvalue weighted by atomic mass is 19.1. The van der Waals surface area contributed by atoms with Gasteiger partial charge in [0.05, 0.1) is 13.2 Å². The standard InChI is InChI=1S/C17H18FNO/c1-11-8-12(10-13(18)9-11)17-15-4-3-5-16(20-2)14(15)6-7-19-17/h3-5,8-10,17,19H,6-7H2,1-2H3. The lowest BCUT2D eigenvalue weighted by Crippen LogP contribution is -2.31. The van der Waals surface area contributed by atoms with Gasteiger partial charge in [-0.25, -0.2) is 4.39 Å². The first kappa shape index (κ1) is 13.1. The highest BCUT2D eigenvalue weighted by Crippen LogP contribution is 2.34. The Balaban J connectivity index is 2.10. The van der Waals surface area contributed by atoms with Crippen molar-refractivity contribution in [3.05, 3.63) is 64.5 Å². The highest BCUT2D eigenvalue weighted by Gasteiger charge is 2.24. The van der Waals surface area contributed by atoms with E-state index in [9.17, 15) is 4.39 Å². The molecule has 1 aliphatic heterocycles. The van der Waals surface area contributed by atoms with Crippen LogP contribution in [0.15, 0.2) is 36.4 Å². The van der Waals surface area contributed by atoms with Crippen LogP contribution in [0.1, 0.15) is 28.3 Å². The van der Waals surface area contributed by atoms with Crippen molar-refractivity contribution >= 4 is 0 Å². The average Bonchev–Trinajstić information content (AvgIpc) is 2.45. The van der Waals surface area contributed by atoms with E-state index in [4.69, 9.17) is 4.74 Å². The summed E-state index contributed by atoms with van der Waals surface area (Å²) in [5.41, 5.74) is 4.31. The zero-order chi connectivity index (χ0) is 14.1. The summed E-state index contributed by atoms with van der Waals surface area (Å²) in [5.74, 6) is 0.735. The van der Waals surface area contributed by atoms with E-state index in [0.717, 1.165) is 29.8 Å². The van der Waals surface area contributed by atoms with Gasteiger partial charge < -0.3 is 10.1 Å². The number of rotatable bonds is 2. The van der Waals surface area contributed by atoms with E-state index in [2.05, 4.69) is 11.4 Å². The summed E-state index contributed by atoms with van der Waals surface area (Å²) < 4.78 is 19.1. The number of halogens is 1. The van der Waals surface area contributed by atoms with Gasteiger partial charge in [0.2, 0.25) is 0 Å². The smallest absolute Gasteiger partial charge is 0.123 e. The summed E-state index contributed by atoms with van der Waals surface area (Å²) in [5, 5.41) is 3.48. The van der Waals surface area contributed by atoms with Gasteiger partial charge in [-0.15, -0.1) is 0 Å². The number of methoxy groups -OCH3 is 1. The Hall–Kier alpha value is -1.87. The molecule has 0 aromatic heterocycles. The van der Waals surface area contributed by atoms with Gasteiger partial charge in [0.25, 0.3) is 0 Å². The molecule has 0 spiro atoms. The number of aryl methyl sites for hydroxylation is 1. The van der Waals surface area contributed by atoms with Crippen LogP contribution in [0.25, 0.3) is 0 Å². The zero-order valence-electron chi connectivity index (χ0n) is 11.7. The van der Waals surface area contributed by atoms with E-state index in [-0.39, 0.29) is 11.9 Å². The average molecular weight is 271 g/mol. The molecule has 20 heavy (non-hydrogen) atoms. The number of benzene rings is 2. The second-order valence-electron chi connectivity index (χ2n) is 5.23. The van der Waals surface area contributed by atoms with Crippen molar-refractivity contribution in [2.24, 2.45) is 0 Å². The Kier molecular flexibility index (Phi) is 3.45. The quantitative estimate of drug-likeness (QED) is 0.904. The molecule has 1 heterocycles. The highest BCUT2D eigenvalue weighted by molar-refractivity contribution is 5.47. The van der Waals surface area contributed by atoms with E-state index < -0.39 is 0 Å². The fourth-order valence-corrected chi connectivity index (χ4v) is 2.99. The number of nitrogens with one attached hydrogen (secondary N) is 1. The molecule has 2 aromatic rings. The normalized spacial score (nSPS) is 17.6. The second-order valence-corrected chi connectivity index (χ2v) is 5.23. The zero-order valence-corrected chi connectivity index (χ0v) is 11.7. The molecule has 3 rings (SSSR count). The topological polar surface area (TPSA) is 21.3 Å². The third kappa shape index (κ3) is 2.29. The lowest BCUT2D eigenvalue weighted by Gasteiger charge is -2.28. The van der Waals surface area contributed by atoms with Gasteiger partial charge in [-0.05, 0) is 48.2 Å². The van der Waals surface area contributed by atoms with Crippen LogP contribution in [0.2, 0.25) is 0 Å². The maximum absolute atomic E-state index is 13.7. The molecule has 0 radical (unpaired) electrons. The van der Waals surface area contributed by atoms with E-state index in [1.807, 2.05) is 25.1 Å². The maximum Gasteiger partial charge on any atom is 0.123 e. The Labute approximate surface area is 118 Å². The molecule has 1 unspecified atom stereocenters. The van der Waals surface area contributed by atoms with Gasteiger partial charge in [0.15, 0.2) is 0 Å². The van der Waals surface area contributed by atoms with E-state index in [0.29, 0.717) is 0 Å². The van der Waals surface area contributed by atoms with Crippen LogP contribution in [-0.2, 0) is 6.42 Å². The molecule has 1 atom stereocenters. The van der Waals surface area contributed by atoms with Gasteiger partial charge >= 0.3 is 0 Å². The van der Waals surface area contributed by atoms with Crippen LogP contribution in [0.5, 0.6) is 5.75 Å². The molecule has 0 saturated carbocycles. The summed E-state index contributed by atoms with van der Waals surface area (Å²) in [6.07, 6.45) is 0.935. The lowest BCUT2D eigenvalue weighted by molar-refractivity contribution is 0.403. The molecule has 1 aliphatic rings. The van der Waals surface area contributed by atoms with Gasteiger partial charge in [-0.3, -0.25) is 0 Å². The van der Waals surface area contributed by atoms with Crippen molar-refractivity contribution < 1.29 is 9.13 Å². The van der Waals surface area contributed by atoms with Crippen molar-refractivity contribution in [1.82, 2.24) is 5.32 Å². The van der Waals surface area contributed by atoms with Crippen molar-refractivity contribution in [3.8, 4) is 5.75 Å². The summed E-state index contributed by atoms with van der Waals surface area (Å²) >= 11 is 0. The predicted octanol–water partition coefficient (Wildman–Crippen LogP) is 3.38. The Morgan fingerprint density at radius 2 is 2.10 bits per heavy atom. The van der Waals surface area contributed by atoms with E-state index >= 15 is 0 Å². The molecule has 0 saturated heterocycles. The number of fused-ring (bicyclic) bond motifs is 1. The van der Waals surface area contributed by atoms with E-state index in [1.54, 1.807) is 19.2 Å². The Bertz CT molecular complexity index is 619. The minimum Gasteiger partial charge on any atom is -0.496 e. The van der Waals surface area contributed by atoms with Gasteiger partial charge in [0.1, 0.15) is 11.6 Å². The molecule has 3 heteroatoms. The minimum atomic E-state index is -0.184. The summed E-state index contributed by atoms with van der Waals surface area (Å²) in [6, 6.07) is 11.3. The molecule has 104 valence electrons. The summed E-state index contributed by atoms with van der Waals surface area (Å²) in [4.78, 5) is 0. The molecule has 2 nitrogen and oxygen atoms in total. The van der Waals surface area contributed by atoms with Crippen LogP contribution in [0.4, 0.5) is 4.39 Å². The fourth-order valence-electron chi connectivity index (χ4n) is 2.99. The maximum atomic E-state index is 13.7. The second kappa shape index (κ2) is 5.25. The Morgan fingerprint density at radius 3 is 2.85 bits per heavy atom. The minimum absolute atomic E-state index is 0.0308. The first-order valence-electron chi connectivity index (χ1n) is 6.85. The van der Waals surface area contributed by atoms with Crippen LogP contribution >= 0.6 is 0 Å². The van der Waals surface area contributed by atoms with Crippen molar-refractivity contribution in [1.29, 1.82) is 0 Å². The van der Waals surface area contributed by atoms with Crippen molar-refractivity contribution in [2.45, 2.75) is 19.4 Å². The lowest BCUT2D eigenvalue weighted by atomic mass is 9.89. The summed E-state index contributed by atoms with van der Waals surface area (Å²) in [7, 11) is 1.69. The van der Waals surface area contributed by atoms with Crippen molar-refractivity contribution in [2.75, 3.05) is 13.7 Å². The van der Waals surface area contributed by atoms with Crippen LogP contribution in [0.3, 0.4) is 0 Å². The number of ether oxygens (including phenoxy) is 1. The summed E-state index contributed by atoms with van der Waals surface area (Å²) in [6.45, 7) is 2.79. The molecule has 1 N–H and O–H groups in total. The molecular weight excluding hydrogens is 253 g/mol. The molecular formula is C17H18FNO. The number of hydrogen-bond acceptors (Lipinski definition) is 2. The third-order valence-electron chi connectivity index (χ3n) is 3.82. The first-order chi connectivity index (χ1) is 9.69. The Morgan fingerprint density at radius 1 is 1.25 bits per heavy atom. The van der Waals surface area contributed by atoms with Crippen molar-refractivity contribution in [3.63, 3.8) is 0 Å². The third-order valence-corrected chi connectivity index (χ3v) is 3.82. The molecule has 0 bridgehead atoms. The molecule has 0 amide bonds. The van der Waals surface area contributed by atoms with Gasteiger partial charge in [0, 0.05) is 12.1 Å². The predicted molar refractivity (Wildman–Crippen MR) is 77.7 cm³/mol. The molecule has 0 aliphatic carbocycles. The van der Waals surface area contributed by atoms with Crippen LogP contribution < -0.4 is 10.1 Å². The van der Waals surface area contributed by atoms with E-state index in [1.165, 1.54) is 11.1 Å².